The summed E-state index contributed by atoms with van der Waals surface area (Å²) in [7, 11) is 0. The summed E-state index contributed by atoms with van der Waals surface area (Å²) in [6.07, 6.45) is 8.96. The zero-order chi connectivity index (χ0) is 13.5. The highest BCUT2D eigenvalue weighted by Crippen LogP contribution is 2.23. The third-order valence-corrected chi connectivity index (χ3v) is 4.37. The number of carbonyl (C=O) groups is 1. The van der Waals surface area contributed by atoms with Gasteiger partial charge in [0.15, 0.2) is 0 Å². The molecule has 0 aromatic carbocycles. The Balaban J connectivity index is 1.54. The molecule has 4 nitrogen and oxygen atoms in total. The molecule has 1 saturated heterocycles. The van der Waals surface area contributed by atoms with Gasteiger partial charge in [0.25, 0.3) is 0 Å². The lowest BCUT2D eigenvalue weighted by molar-refractivity contribution is -0.122. The summed E-state index contributed by atoms with van der Waals surface area (Å²) in [5.41, 5.74) is 0. The van der Waals surface area contributed by atoms with Crippen LogP contribution in [-0.4, -0.2) is 36.4 Å². The van der Waals surface area contributed by atoms with Gasteiger partial charge in [-0.3, -0.25) is 4.79 Å². The van der Waals surface area contributed by atoms with Crippen molar-refractivity contribution in [1.82, 2.24) is 5.32 Å². The molecule has 110 valence electrons. The van der Waals surface area contributed by atoms with Gasteiger partial charge < -0.3 is 15.2 Å². The largest absolute Gasteiger partial charge is 0.393 e. The summed E-state index contributed by atoms with van der Waals surface area (Å²) in [5.74, 6) is 0.707. The van der Waals surface area contributed by atoms with Gasteiger partial charge in [0.1, 0.15) is 0 Å². The fourth-order valence-corrected chi connectivity index (χ4v) is 3.02. The first-order chi connectivity index (χ1) is 9.24. The summed E-state index contributed by atoms with van der Waals surface area (Å²) in [4.78, 5) is 11.8. The minimum atomic E-state index is -0.115. The maximum Gasteiger partial charge on any atom is 0.220 e. The molecule has 1 aliphatic heterocycles. The number of carbonyl (C=O) groups excluding carboxylic acids is 1. The van der Waals surface area contributed by atoms with Crippen LogP contribution in [-0.2, 0) is 9.53 Å². The third kappa shape index (κ3) is 5.49. The van der Waals surface area contributed by atoms with E-state index in [9.17, 15) is 9.90 Å². The second-order valence-corrected chi connectivity index (χ2v) is 6.01. The molecule has 1 aliphatic carbocycles. The average Bonchev–Trinajstić information content (AvgIpc) is 2.45. The zero-order valence-electron chi connectivity index (χ0n) is 11.8. The standard InChI is InChI=1S/C15H27NO3/c17-13-6-4-12(5-7-13)11-16-15(18)9-8-14-3-1-2-10-19-14/h12-14,17H,1-11H2,(H,16,18). The number of ether oxygens (including phenoxy) is 1. The Kier molecular flexibility index (Phi) is 6.11. The molecule has 0 spiro atoms. The molecule has 2 fully saturated rings. The van der Waals surface area contributed by atoms with Gasteiger partial charge in [0, 0.05) is 19.6 Å². The van der Waals surface area contributed by atoms with E-state index in [0.29, 0.717) is 18.4 Å². The second-order valence-electron chi connectivity index (χ2n) is 6.01. The Bertz CT molecular complexity index is 269. The van der Waals surface area contributed by atoms with Crippen molar-refractivity contribution in [2.75, 3.05) is 13.2 Å². The summed E-state index contributed by atoms with van der Waals surface area (Å²) < 4.78 is 5.63. The van der Waals surface area contributed by atoms with Crippen LogP contribution in [0.4, 0.5) is 0 Å². The first kappa shape index (κ1) is 14.8. The van der Waals surface area contributed by atoms with Gasteiger partial charge >= 0.3 is 0 Å². The van der Waals surface area contributed by atoms with Gasteiger partial charge in [-0.25, -0.2) is 0 Å². The van der Waals surface area contributed by atoms with Crippen molar-refractivity contribution in [3.05, 3.63) is 0 Å². The summed E-state index contributed by atoms with van der Waals surface area (Å²) in [5, 5.41) is 12.5. The Hall–Kier alpha value is -0.610. The predicted octanol–water partition coefficient (Wildman–Crippen LogP) is 2.00. The van der Waals surface area contributed by atoms with Crippen LogP contribution in [0.1, 0.15) is 57.8 Å². The van der Waals surface area contributed by atoms with E-state index in [-0.39, 0.29) is 12.0 Å². The van der Waals surface area contributed by atoms with Crippen molar-refractivity contribution < 1.29 is 14.6 Å². The van der Waals surface area contributed by atoms with Crippen LogP contribution in [0, 0.1) is 5.92 Å². The molecule has 1 unspecified atom stereocenters. The second kappa shape index (κ2) is 7.85. The fraction of sp³-hybridized carbons (Fsp3) is 0.933. The molecule has 2 N–H and O–H groups in total. The Morgan fingerprint density at radius 3 is 2.63 bits per heavy atom. The van der Waals surface area contributed by atoms with E-state index >= 15 is 0 Å². The number of aliphatic hydroxyl groups excluding tert-OH is 1. The molecule has 1 amide bonds. The summed E-state index contributed by atoms with van der Waals surface area (Å²) in [6, 6.07) is 0. The molecule has 19 heavy (non-hydrogen) atoms. The third-order valence-electron chi connectivity index (χ3n) is 4.37. The maximum absolute atomic E-state index is 11.8. The van der Waals surface area contributed by atoms with Gasteiger partial charge in [0.2, 0.25) is 5.91 Å². The highest BCUT2D eigenvalue weighted by Gasteiger charge is 2.20. The van der Waals surface area contributed by atoms with Crippen molar-refractivity contribution in [1.29, 1.82) is 0 Å². The van der Waals surface area contributed by atoms with E-state index < -0.39 is 0 Å². The van der Waals surface area contributed by atoms with Crippen LogP contribution in [0.25, 0.3) is 0 Å². The van der Waals surface area contributed by atoms with E-state index in [4.69, 9.17) is 4.74 Å². The lowest BCUT2D eigenvalue weighted by atomic mass is 9.87. The van der Waals surface area contributed by atoms with Crippen molar-refractivity contribution in [3.8, 4) is 0 Å². The van der Waals surface area contributed by atoms with Crippen molar-refractivity contribution in [2.24, 2.45) is 5.92 Å². The van der Waals surface area contributed by atoms with Crippen molar-refractivity contribution in [2.45, 2.75) is 70.0 Å². The SMILES string of the molecule is O=C(CCC1CCCCO1)NCC1CCC(O)CC1. The van der Waals surface area contributed by atoms with E-state index in [1.54, 1.807) is 0 Å². The Morgan fingerprint density at radius 1 is 1.16 bits per heavy atom. The number of hydrogen-bond acceptors (Lipinski definition) is 3. The number of aliphatic hydroxyl groups is 1. The molecular weight excluding hydrogens is 242 g/mol. The van der Waals surface area contributed by atoms with Crippen LogP contribution in [0.15, 0.2) is 0 Å². The van der Waals surface area contributed by atoms with Gasteiger partial charge in [-0.15, -0.1) is 0 Å². The Labute approximate surface area is 115 Å². The molecular formula is C15H27NO3. The first-order valence-corrected chi connectivity index (χ1v) is 7.80. The van der Waals surface area contributed by atoms with Crippen molar-refractivity contribution in [3.63, 3.8) is 0 Å². The van der Waals surface area contributed by atoms with Crippen LogP contribution in [0.2, 0.25) is 0 Å². The molecule has 0 aromatic heterocycles. The van der Waals surface area contributed by atoms with Crippen LogP contribution >= 0.6 is 0 Å². The van der Waals surface area contributed by atoms with E-state index in [1.807, 2.05) is 0 Å². The Morgan fingerprint density at radius 2 is 1.95 bits per heavy atom. The lowest BCUT2D eigenvalue weighted by Gasteiger charge is -2.25. The zero-order valence-corrected chi connectivity index (χ0v) is 11.8. The van der Waals surface area contributed by atoms with Gasteiger partial charge in [0.05, 0.1) is 12.2 Å². The molecule has 0 bridgehead atoms. The molecule has 0 aromatic rings. The summed E-state index contributed by atoms with van der Waals surface area (Å²) >= 11 is 0. The molecule has 1 saturated carbocycles. The number of nitrogens with one attached hydrogen (secondary N) is 1. The quantitative estimate of drug-likeness (QED) is 0.802. The van der Waals surface area contributed by atoms with Crippen molar-refractivity contribution >= 4 is 5.91 Å². The minimum absolute atomic E-state index is 0.115. The van der Waals surface area contributed by atoms with Crippen LogP contribution in [0.5, 0.6) is 0 Å². The molecule has 1 heterocycles. The normalized spacial score (nSPS) is 31.9. The molecule has 4 heteroatoms. The maximum atomic E-state index is 11.8. The van der Waals surface area contributed by atoms with Gasteiger partial charge in [-0.1, -0.05) is 0 Å². The predicted molar refractivity (Wildman–Crippen MR) is 73.8 cm³/mol. The first-order valence-electron chi connectivity index (χ1n) is 7.80. The topological polar surface area (TPSA) is 58.6 Å². The monoisotopic (exact) mass is 269 g/mol. The highest BCUT2D eigenvalue weighted by molar-refractivity contribution is 5.75. The van der Waals surface area contributed by atoms with E-state index in [0.717, 1.165) is 58.1 Å². The highest BCUT2D eigenvalue weighted by atomic mass is 16.5. The molecule has 1 atom stereocenters. The molecule has 2 rings (SSSR count). The van der Waals surface area contributed by atoms with Crippen LogP contribution < -0.4 is 5.32 Å². The number of hydrogen-bond donors (Lipinski definition) is 2. The minimum Gasteiger partial charge on any atom is -0.393 e. The number of rotatable bonds is 5. The average molecular weight is 269 g/mol. The summed E-state index contributed by atoms with van der Waals surface area (Å²) in [6.45, 7) is 1.63. The van der Waals surface area contributed by atoms with E-state index in [1.165, 1.54) is 6.42 Å². The van der Waals surface area contributed by atoms with Gasteiger partial charge in [-0.05, 0) is 57.3 Å². The lowest BCUT2D eigenvalue weighted by Crippen LogP contribution is -2.32. The fourth-order valence-electron chi connectivity index (χ4n) is 3.02. The molecule has 0 radical (unpaired) electrons. The van der Waals surface area contributed by atoms with E-state index in [2.05, 4.69) is 5.32 Å². The van der Waals surface area contributed by atoms with Gasteiger partial charge in [-0.2, -0.15) is 0 Å². The molecule has 2 aliphatic rings. The number of amides is 1. The smallest absolute Gasteiger partial charge is 0.220 e. The van der Waals surface area contributed by atoms with Crippen LogP contribution in [0.3, 0.4) is 0 Å².